The molecule has 0 N–H and O–H groups in total. The summed E-state index contributed by atoms with van der Waals surface area (Å²) in [7, 11) is 1.74. The van der Waals surface area contributed by atoms with Crippen molar-refractivity contribution >= 4 is 15.9 Å². The minimum absolute atomic E-state index is 0.548. The van der Waals surface area contributed by atoms with Gasteiger partial charge in [0.2, 0.25) is 0 Å². The molecule has 2 heterocycles. The maximum absolute atomic E-state index is 4.37. The van der Waals surface area contributed by atoms with Crippen molar-refractivity contribution in [1.82, 2.24) is 30.0 Å². The van der Waals surface area contributed by atoms with Crippen molar-refractivity contribution in [2.24, 2.45) is 7.05 Å². The van der Waals surface area contributed by atoms with Crippen molar-refractivity contribution in [2.45, 2.75) is 20.4 Å². The highest BCUT2D eigenvalue weighted by Gasteiger charge is 2.10. The molecular weight excluding hydrogens is 260 g/mol. The summed E-state index contributed by atoms with van der Waals surface area (Å²) in [5, 5.41) is 16.2. The zero-order valence-corrected chi connectivity index (χ0v) is 10.4. The highest BCUT2D eigenvalue weighted by Crippen LogP contribution is 2.19. The van der Waals surface area contributed by atoms with Gasteiger partial charge in [-0.05, 0) is 35.0 Å². The summed E-state index contributed by atoms with van der Waals surface area (Å²) in [5.41, 5.74) is 2.04. The fraction of sp³-hybridized carbons (Fsp3) is 0.500. The first kappa shape index (κ1) is 10.3. The van der Waals surface area contributed by atoms with Gasteiger partial charge in [0.15, 0.2) is 5.82 Å². The molecule has 7 heteroatoms. The monoisotopic (exact) mass is 270 g/mol. The predicted octanol–water partition coefficient (Wildman–Crippen LogP) is 0.834. The van der Waals surface area contributed by atoms with Gasteiger partial charge in [0, 0.05) is 0 Å². The van der Waals surface area contributed by atoms with Crippen molar-refractivity contribution in [1.29, 1.82) is 0 Å². The molecule has 2 aromatic heterocycles. The second-order valence-corrected chi connectivity index (χ2v) is 4.13. The normalized spacial score (nSPS) is 10.9. The zero-order valence-electron chi connectivity index (χ0n) is 8.77. The van der Waals surface area contributed by atoms with E-state index in [9.17, 15) is 0 Å². The van der Waals surface area contributed by atoms with Crippen molar-refractivity contribution in [3.05, 3.63) is 21.7 Å². The van der Waals surface area contributed by atoms with E-state index in [0.717, 1.165) is 15.9 Å². The van der Waals surface area contributed by atoms with Gasteiger partial charge in [0.05, 0.1) is 22.9 Å². The third-order valence-corrected chi connectivity index (χ3v) is 3.28. The Morgan fingerprint density at radius 3 is 2.47 bits per heavy atom. The van der Waals surface area contributed by atoms with Gasteiger partial charge < -0.3 is 0 Å². The minimum Gasteiger partial charge on any atom is -0.261 e. The predicted molar refractivity (Wildman–Crippen MR) is 57.3 cm³/mol. The van der Waals surface area contributed by atoms with E-state index in [0.29, 0.717) is 12.4 Å². The quantitative estimate of drug-likeness (QED) is 0.811. The van der Waals surface area contributed by atoms with E-state index in [4.69, 9.17) is 0 Å². The summed E-state index contributed by atoms with van der Waals surface area (Å²) < 4.78 is 2.89. The van der Waals surface area contributed by atoms with E-state index < -0.39 is 0 Å². The Morgan fingerprint density at radius 1 is 1.27 bits per heavy atom. The average molecular weight is 271 g/mol. The van der Waals surface area contributed by atoms with Crippen LogP contribution in [0.2, 0.25) is 0 Å². The van der Waals surface area contributed by atoms with E-state index >= 15 is 0 Å². The molecule has 0 aliphatic carbocycles. The Hall–Kier alpha value is -1.24. The Balaban J connectivity index is 2.28. The molecule has 6 nitrogen and oxygen atoms in total. The third-order valence-electron chi connectivity index (χ3n) is 2.13. The molecule has 0 unspecified atom stereocenters. The topological polar surface area (TPSA) is 61.4 Å². The molecule has 0 atom stereocenters. The van der Waals surface area contributed by atoms with Crippen LogP contribution in [0, 0.1) is 13.8 Å². The van der Waals surface area contributed by atoms with Crippen LogP contribution in [0.5, 0.6) is 0 Å². The van der Waals surface area contributed by atoms with Gasteiger partial charge in [-0.15, -0.1) is 10.2 Å². The molecule has 0 aliphatic heterocycles. The van der Waals surface area contributed by atoms with Crippen LogP contribution in [0.1, 0.15) is 17.2 Å². The fourth-order valence-corrected chi connectivity index (χ4v) is 1.63. The van der Waals surface area contributed by atoms with Gasteiger partial charge in [-0.25, -0.2) is 0 Å². The molecule has 0 aliphatic rings. The SMILES string of the molecule is Cc1nn(Cc2nnn(C)n2)c(C)c1Br. The molecule has 80 valence electrons. The maximum Gasteiger partial charge on any atom is 0.196 e. The first-order chi connectivity index (χ1) is 7.08. The molecule has 15 heavy (non-hydrogen) atoms. The van der Waals surface area contributed by atoms with Crippen molar-refractivity contribution in [3.8, 4) is 0 Å². The van der Waals surface area contributed by atoms with Gasteiger partial charge in [0.25, 0.3) is 0 Å². The summed E-state index contributed by atoms with van der Waals surface area (Å²) in [6.07, 6.45) is 0. The fourth-order valence-electron chi connectivity index (χ4n) is 1.35. The van der Waals surface area contributed by atoms with E-state index in [1.54, 1.807) is 7.05 Å². The molecule has 0 spiro atoms. The second kappa shape index (κ2) is 3.73. The lowest BCUT2D eigenvalue weighted by molar-refractivity contribution is 0.610. The molecule has 2 aromatic rings. The number of hydrogen-bond acceptors (Lipinski definition) is 4. The smallest absolute Gasteiger partial charge is 0.196 e. The first-order valence-corrected chi connectivity index (χ1v) is 5.29. The third kappa shape index (κ3) is 1.92. The van der Waals surface area contributed by atoms with Crippen LogP contribution < -0.4 is 0 Å². The lowest BCUT2D eigenvalue weighted by Crippen LogP contribution is -2.06. The number of aryl methyl sites for hydroxylation is 2. The van der Waals surface area contributed by atoms with E-state index in [-0.39, 0.29) is 0 Å². The maximum atomic E-state index is 4.37. The minimum atomic E-state index is 0.548. The second-order valence-electron chi connectivity index (χ2n) is 3.34. The Kier molecular flexibility index (Phi) is 2.56. The summed E-state index contributed by atoms with van der Waals surface area (Å²) in [6, 6.07) is 0. The van der Waals surface area contributed by atoms with Gasteiger partial charge in [-0.3, -0.25) is 4.68 Å². The van der Waals surface area contributed by atoms with Gasteiger partial charge in [-0.1, -0.05) is 0 Å². The van der Waals surface area contributed by atoms with Gasteiger partial charge >= 0.3 is 0 Å². The summed E-state index contributed by atoms with van der Waals surface area (Å²) in [5.74, 6) is 0.663. The molecule has 0 aromatic carbocycles. The molecule has 0 radical (unpaired) electrons. The van der Waals surface area contributed by atoms with Crippen LogP contribution in [-0.4, -0.2) is 30.0 Å². The summed E-state index contributed by atoms with van der Waals surface area (Å²) in [4.78, 5) is 1.44. The van der Waals surface area contributed by atoms with Crippen LogP contribution >= 0.6 is 15.9 Å². The molecule has 0 saturated carbocycles. The van der Waals surface area contributed by atoms with Crippen LogP contribution in [0.3, 0.4) is 0 Å². The van der Waals surface area contributed by atoms with Crippen LogP contribution in [0.25, 0.3) is 0 Å². The Bertz CT molecular complexity index is 485. The van der Waals surface area contributed by atoms with E-state index in [1.807, 2.05) is 18.5 Å². The lowest BCUT2D eigenvalue weighted by Gasteiger charge is -1.99. The lowest BCUT2D eigenvalue weighted by atomic mass is 10.4. The van der Waals surface area contributed by atoms with E-state index in [1.165, 1.54) is 4.80 Å². The molecule has 0 fully saturated rings. The summed E-state index contributed by atoms with van der Waals surface area (Å²) in [6.45, 7) is 4.50. The molecular formula is C8H11BrN6. The number of nitrogens with zero attached hydrogens (tertiary/aromatic N) is 6. The average Bonchev–Trinajstić information content (AvgIpc) is 2.68. The highest BCUT2D eigenvalue weighted by molar-refractivity contribution is 9.10. The Morgan fingerprint density at radius 2 is 2.00 bits per heavy atom. The van der Waals surface area contributed by atoms with Gasteiger partial charge in [0.1, 0.15) is 6.54 Å². The standard InChI is InChI=1S/C8H11BrN6/c1-5-8(9)6(2)15(11-5)4-7-10-13-14(3)12-7/h4H2,1-3H3. The van der Waals surface area contributed by atoms with Crippen molar-refractivity contribution in [2.75, 3.05) is 0 Å². The molecule has 0 bridgehead atoms. The Labute approximate surface area is 95.4 Å². The van der Waals surface area contributed by atoms with Crippen molar-refractivity contribution in [3.63, 3.8) is 0 Å². The number of halogens is 1. The highest BCUT2D eigenvalue weighted by atomic mass is 79.9. The van der Waals surface area contributed by atoms with Crippen LogP contribution in [0.15, 0.2) is 4.47 Å². The molecule has 2 rings (SSSR count). The number of hydrogen-bond donors (Lipinski definition) is 0. The van der Waals surface area contributed by atoms with Gasteiger partial charge in [-0.2, -0.15) is 9.90 Å². The van der Waals surface area contributed by atoms with Crippen LogP contribution in [0.4, 0.5) is 0 Å². The van der Waals surface area contributed by atoms with E-state index in [2.05, 4.69) is 36.4 Å². The number of rotatable bonds is 2. The number of aromatic nitrogens is 6. The summed E-state index contributed by atoms with van der Waals surface area (Å²) >= 11 is 3.47. The van der Waals surface area contributed by atoms with Crippen LogP contribution in [-0.2, 0) is 13.6 Å². The molecule has 0 amide bonds. The van der Waals surface area contributed by atoms with Crippen molar-refractivity contribution < 1.29 is 0 Å². The molecule has 0 saturated heterocycles. The zero-order chi connectivity index (χ0) is 11.0. The number of tetrazole rings is 1. The first-order valence-electron chi connectivity index (χ1n) is 4.50. The largest absolute Gasteiger partial charge is 0.261 e.